The molecular formula is C41H25N3. The number of aromatic nitrogens is 3. The van der Waals surface area contributed by atoms with Crippen molar-refractivity contribution < 1.29 is 0 Å². The fourth-order valence-corrected chi connectivity index (χ4v) is 6.47. The van der Waals surface area contributed by atoms with Crippen LogP contribution in [-0.2, 0) is 0 Å². The zero-order valence-electron chi connectivity index (χ0n) is 23.8. The molecular weight excluding hydrogens is 534 g/mol. The van der Waals surface area contributed by atoms with E-state index in [-0.39, 0.29) is 0 Å². The highest BCUT2D eigenvalue weighted by Crippen LogP contribution is 2.35. The van der Waals surface area contributed by atoms with E-state index in [0.29, 0.717) is 17.5 Å². The molecule has 1 aromatic heterocycles. The minimum absolute atomic E-state index is 0.659. The summed E-state index contributed by atoms with van der Waals surface area (Å²) in [6.07, 6.45) is 0. The molecule has 9 rings (SSSR count). The molecule has 0 aliphatic heterocycles. The first-order valence-corrected chi connectivity index (χ1v) is 14.9. The van der Waals surface area contributed by atoms with Crippen molar-refractivity contribution in [1.82, 2.24) is 15.0 Å². The van der Waals surface area contributed by atoms with Crippen LogP contribution in [0.1, 0.15) is 0 Å². The normalized spacial score (nSPS) is 11.6. The standard InChI is InChI=1S/C41H25N3/c1-2-10-30(11-3-1)39-42-40(32-22-23-35-31(24-32)20-16-26-8-4-6-12-34(26)35)44-41(43-39)33-21-17-28-15-19-29-18-14-27-9-5-7-13-36(27)38(29)37(28)25-33/h1-25H. The molecule has 0 bridgehead atoms. The highest BCUT2D eigenvalue weighted by atomic mass is 15.0. The monoisotopic (exact) mass is 559 g/mol. The Morgan fingerprint density at radius 3 is 1.50 bits per heavy atom. The molecule has 9 aromatic rings. The van der Waals surface area contributed by atoms with Crippen LogP contribution in [0.3, 0.4) is 0 Å². The highest BCUT2D eigenvalue weighted by molar-refractivity contribution is 6.20. The number of benzene rings is 8. The van der Waals surface area contributed by atoms with Crippen molar-refractivity contribution in [3.05, 3.63) is 152 Å². The van der Waals surface area contributed by atoms with Crippen LogP contribution in [0.25, 0.3) is 88.0 Å². The SMILES string of the molecule is c1ccc(-c2nc(-c3ccc4c(ccc5ccccc54)c3)nc(-c3ccc4ccc5ccc6ccccc6c5c4c3)n2)cc1. The minimum atomic E-state index is 0.659. The van der Waals surface area contributed by atoms with Crippen LogP contribution < -0.4 is 0 Å². The zero-order valence-corrected chi connectivity index (χ0v) is 23.8. The molecule has 0 aliphatic rings. The zero-order chi connectivity index (χ0) is 29.0. The Labute approximate surface area is 254 Å². The summed E-state index contributed by atoms with van der Waals surface area (Å²) in [5, 5.41) is 12.2. The van der Waals surface area contributed by atoms with Gasteiger partial charge in [0.15, 0.2) is 17.5 Å². The van der Waals surface area contributed by atoms with E-state index in [1.165, 1.54) is 48.5 Å². The summed E-state index contributed by atoms with van der Waals surface area (Å²) in [6.45, 7) is 0. The highest BCUT2D eigenvalue weighted by Gasteiger charge is 2.15. The quantitative estimate of drug-likeness (QED) is 0.202. The maximum atomic E-state index is 5.10. The first-order valence-electron chi connectivity index (χ1n) is 14.9. The lowest BCUT2D eigenvalue weighted by molar-refractivity contribution is 1.08. The summed E-state index contributed by atoms with van der Waals surface area (Å²) in [5.41, 5.74) is 2.89. The van der Waals surface area contributed by atoms with Gasteiger partial charge in [0.1, 0.15) is 0 Å². The van der Waals surface area contributed by atoms with Gasteiger partial charge in [-0.1, -0.05) is 140 Å². The van der Waals surface area contributed by atoms with Gasteiger partial charge in [-0.2, -0.15) is 0 Å². The molecule has 204 valence electrons. The first kappa shape index (κ1) is 24.6. The van der Waals surface area contributed by atoms with Gasteiger partial charge in [0, 0.05) is 16.7 Å². The van der Waals surface area contributed by atoms with Crippen molar-refractivity contribution >= 4 is 53.9 Å². The molecule has 44 heavy (non-hydrogen) atoms. The summed E-state index contributed by atoms with van der Waals surface area (Å²) in [6, 6.07) is 53.5. The summed E-state index contributed by atoms with van der Waals surface area (Å²) >= 11 is 0. The molecule has 0 atom stereocenters. The van der Waals surface area contributed by atoms with Gasteiger partial charge in [0.05, 0.1) is 0 Å². The second-order valence-corrected chi connectivity index (χ2v) is 11.3. The van der Waals surface area contributed by atoms with Crippen molar-refractivity contribution in [1.29, 1.82) is 0 Å². The van der Waals surface area contributed by atoms with Crippen LogP contribution in [0.2, 0.25) is 0 Å². The molecule has 3 nitrogen and oxygen atoms in total. The van der Waals surface area contributed by atoms with E-state index in [9.17, 15) is 0 Å². The largest absolute Gasteiger partial charge is 0.208 e. The number of fused-ring (bicyclic) bond motifs is 8. The molecule has 0 spiro atoms. The number of hydrogen-bond acceptors (Lipinski definition) is 3. The van der Waals surface area contributed by atoms with Crippen molar-refractivity contribution in [3.63, 3.8) is 0 Å². The van der Waals surface area contributed by atoms with E-state index in [4.69, 9.17) is 15.0 Å². The van der Waals surface area contributed by atoms with E-state index < -0.39 is 0 Å². The maximum Gasteiger partial charge on any atom is 0.164 e. The van der Waals surface area contributed by atoms with Crippen LogP contribution in [-0.4, -0.2) is 15.0 Å². The molecule has 0 fully saturated rings. The third-order valence-electron chi connectivity index (χ3n) is 8.66. The smallest absolute Gasteiger partial charge is 0.164 e. The van der Waals surface area contributed by atoms with E-state index >= 15 is 0 Å². The van der Waals surface area contributed by atoms with Gasteiger partial charge in [-0.25, -0.2) is 15.0 Å². The third kappa shape index (κ3) is 4.02. The Morgan fingerprint density at radius 2 is 0.750 bits per heavy atom. The second kappa shape index (κ2) is 9.82. The van der Waals surface area contributed by atoms with E-state index in [1.807, 2.05) is 18.2 Å². The maximum absolute atomic E-state index is 5.10. The minimum Gasteiger partial charge on any atom is -0.208 e. The van der Waals surface area contributed by atoms with Crippen LogP contribution in [0.5, 0.6) is 0 Å². The second-order valence-electron chi connectivity index (χ2n) is 11.3. The first-order chi connectivity index (χ1) is 21.8. The Balaban J connectivity index is 1.27. The average molecular weight is 560 g/mol. The summed E-state index contributed by atoms with van der Waals surface area (Å²) in [5.74, 6) is 1.98. The van der Waals surface area contributed by atoms with Gasteiger partial charge in [0.2, 0.25) is 0 Å². The Morgan fingerprint density at radius 1 is 0.273 bits per heavy atom. The van der Waals surface area contributed by atoms with Crippen LogP contribution >= 0.6 is 0 Å². The number of rotatable bonds is 3. The van der Waals surface area contributed by atoms with Crippen molar-refractivity contribution in [3.8, 4) is 34.2 Å². The molecule has 8 aromatic carbocycles. The van der Waals surface area contributed by atoms with Gasteiger partial charge >= 0.3 is 0 Å². The van der Waals surface area contributed by atoms with Crippen LogP contribution in [0, 0.1) is 0 Å². The lowest BCUT2D eigenvalue weighted by Gasteiger charge is -2.12. The fraction of sp³-hybridized carbons (Fsp3) is 0. The van der Waals surface area contributed by atoms with Crippen LogP contribution in [0.4, 0.5) is 0 Å². The third-order valence-corrected chi connectivity index (χ3v) is 8.66. The van der Waals surface area contributed by atoms with Crippen molar-refractivity contribution in [2.45, 2.75) is 0 Å². The van der Waals surface area contributed by atoms with E-state index in [0.717, 1.165) is 22.1 Å². The van der Waals surface area contributed by atoms with Crippen molar-refractivity contribution in [2.75, 3.05) is 0 Å². The Bertz CT molecular complexity index is 2550. The van der Waals surface area contributed by atoms with Crippen LogP contribution in [0.15, 0.2) is 152 Å². The summed E-state index contributed by atoms with van der Waals surface area (Å²) in [4.78, 5) is 15.1. The van der Waals surface area contributed by atoms with Gasteiger partial charge in [-0.15, -0.1) is 0 Å². The molecule has 0 amide bonds. The molecule has 0 aliphatic carbocycles. The van der Waals surface area contributed by atoms with Gasteiger partial charge in [-0.3, -0.25) is 0 Å². The molecule has 0 radical (unpaired) electrons. The lowest BCUT2D eigenvalue weighted by atomic mass is 9.95. The number of nitrogens with zero attached hydrogens (tertiary/aromatic N) is 3. The van der Waals surface area contributed by atoms with E-state index in [1.54, 1.807) is 0 Å². The predicted molar refractivity (Wildman–Crippen MR) is 184 cm³/mol. The fourth-order valence-electron chi connectivity index (χ4n) is 6.47. The van der Waals surface area contributed by atoms with Gasteiger partial charge in [0.25, 0.3) is 0 Å². The van der Waals surface area contributed by atoms with E-state index in [2.05, 4.69) is 133 Å². The molecule has 3 heteroatoms. The predicted octanol–water partition coefficient (Wildman–Crippen LogP) is 10.6. The number of hydrogen-bond donors (Lipinski definition) is 0. The molecule has 0 saturated heterocycles. The van der Waals surface area contributed by atoms with Gasteiger partial charge < -0.3 is 0 Å². The average Bonchev–Trinajstić information content (AvgIpc) is 3.11. The Kier molecular flexibility index (Phi) is 5.50. The summed E-state index contributed by atoms with van der Waals surface area (Å²) in [7, 11) is 0. The molecule has 0 saturated carbocycles. The lowest BCUT2D eigenvalue weighted by Crippen LogP contribution is -2.00. The summed E-state index contributed by atoms with van der Waals surface area (Å²) < 4.78 is 0. The van der Waals surface area contributed by atoms with Crippen molar-refractivity contribution in [2.24, 2.45) is 0 Å². The topological polar surface area (TPSA) is 38.7 Å². The molecule has 1 heterocycles. The molecule has 0 N–H and O–H groups in total. The Hall–Kier alpha value is -5.93. The molecule has 0 unspecified atom stereocenters. The van der Waals surface area contributed by atoms with Gasteiger partial charge in [-0.05, 0) is 66.0 Å².